The predicted molar refractivity (Wildman–Crippen MR) is 244 cm³/mol. The summed E-state index contributed by atoms with van der Waals surface area (Å²) in [5.74, 6) is -2.19. The first-order chi connectivity index (χ1) is 28.6. The highest BCUT2D eigenvalue weighted by Gasteiger charge is 2.24. The Morgan fingerprint density at radius 2 is 1.02 bits per heavy atom. The lowest BCUT2D eigenvalue weighted by atomic mass is 10.1. The SMILES string of the molecule is CC/C=C\C/C=C\C/C=C\C/C=C\C/C=C\CC(=O)OC(COC(=O)CCCCCCCCCCC/C=C\C/C=C\CCCCC)COC(OCC[N+](C)(C)C)C(=O)O. The van der Waals surface area contributed by atoms with E-state index in [4.69, 9.17) is 18.9 Å². The van der Waals surface area contributed by atoms with Crippen molar-refractivity contribution in [2.24, 2.45) is 0 Å². The number of ether oxygens (including phenoxy) is 4. The highest BCUT2D eigenvalue weighted by molar-refractivity contribution is 5.72. The van der Waals surface area contributed by atoms with Crippen LogP contribution in [0.1, 0.15) is 155 Å². The number of quaternary nitrogens is 1. The van der Waals surface area contributed by atoms with Crippen molar-refractivity contribution in [2.75, 3.05) is 47.5 Å². The second-order valence-corrected chi connectivity index (χ2v) is 16.0. The lowest BCUT2D eigenvalue weighted by Gasteiger charge is -2.25. The van der Waals surface area contributed by atoms with Gasteiger partial charge in [0.15, 0.2) is 6.10 Å². The minimum absolute atomic E-state index is 0.0229. The Labute approximate surface area is 359 Å². The van der Waals surface area contributed by atoms with E-state index >= 15 is 0 Å². The normalized spacial score (nSPS) is 13.7. The Morgan fingerprint density at radius 1 is 0.542 bits per heavy atom. The van der Waals surface area contributed by atoms with Crippen molar-refractivity contribution in [2.45, 2.75) is 167 Å². The third kappa shape index (κ3) is 42.4. The summed E-state index contributed by atoms with van der Waals surface area (Å²) < 4.78 is 22.6. The number of carboxylic acid groups (broad SMARTS) is 1. The fourth-order valence-electron chi connectivity index (χ4n) is 5.65. The third-order valence-electron chi connectivity index (χ3n) is 9.17. The largest absolute Gasteiger partial charge is 0.477 e. The van der Waals surface area contributed by atoms with Crippen LogP contribution in [0.3, 0.4) is 0 Å². The van der Waals surface area contributed by atoms with E-state index in [0.717, 1.165) is 64.2 Å². The first-order valence-electron chi connectivity index (χ1n) is 22.8. The van der Waals surface area contributed by atoms with Crippen LogP contribution in [-0.4, -0.2) is 87.4 Å². The van der Waals surface area contributed by atoms with Gasteiger partial charge in [-0.2, -0.15) is 0 Å². The first kappa shape index (κ1) is 55.5. The molecule has 0 rings (SSSR count). The fourth-order valence-corrected chi connectivity index (χ4v) is 5.65. The summed E-state index contributed by atoms with van der Waals surface area (Å²) >= 11 is 0. The number of carboxylic acids is 1. The second-order valence-electron chi connectivity index (χ2n) is 16.0. The Morgan fingerprint density at radius 3 is 1.53 bits per heavy atom. The van der Waals surface area contributed by atoms with Gasteiger partial charge in [-0.3, -0.25) is 9.59 Å². The van der Waals surface area contributed by atoms with Gasteiger partial charge in [0.25, 0.3) is 6.29 Å². The minimum atomic E-state index is -1.54. The molecule has 9 nitrogen and oxygen atoms in total. The van der Waals surface area contributed by atoms with E-state index in [2.05, 4.69) is 80.7 Å². The molecule has 0 aromatic carbocycles. The lowest BCUT2D eigenvalue weighted by molar-refractivity contribution is -0.870. The summed E-state index contributed by atoms with van der Waals surface area (Å²) in [6.45, 7) is 4.59. The molecule has 0 aromatic heterocycles. The third-order valence-corrected chi connectivity index (χ3v) is 9.17. The number of carbonyl (C=O) groups excluding carboxylic acids is 2. The highest BCUT2D eigenvalue weighted by atomic mass is 16.7. The molecule has 59 heavy (non-hydrogen) atoms. The van der Waals surface area contributed by atoms with Crippen LogP contribution < -0.4 is 0 Å². The van der Waals surface area contributed by atoms with Crippen LogP contribution in [-0.2, 0) is 33.3 Å². The van der Waals surface area contributed by atoms with E-state index in [-0.39, 0.29) is 38.6 Å². The molecule has 0 radical (unpaired) electrons. The molecule has 0 bridgehead atoms. The summed E-state index contributed by atoms with van der Waals surface area (Å²) in [7, 11) is 5.92. The molecule has 2 unspecified atom stereocenters. The van der Waals surface area contributed by atoms with Gasteiger partial charge in [-0.15, -0.1) is 0 Å². The molecule has 0 aliphatic rings. The zero-order valence-corrected chi connectivity index (χ0v) is 37.9. The van der Waals surface area contributed by atoms with Crippen molar-refractivity contribution in [3.05, 3.63) is 85.1 Å². The summed E-state index contributed by atoms with van der Waals surface area (Å²) in [6.07, 6.45) is 49.6. The monoisotopic (exact) mass is 827 g/mol. The smallest absolute Gasteiger partial charge is 0.361 e. The number of hydrogen-bond acceptors (Lipinski definition) is 7. The van der Waals surface area contributed by atoms with Crippen molar-refractivity contribution < 1.29 is 42.9 Å². The van der Waals surface area contributed by atoms with Crippen LogP contribution in [0.4, 0.5) is 0 Å². The molecule has 0 amide bonds. The maximum Gasteiger partial charge on any atom is 0.361 e. The molecule has 0 aliphatic heterocycles. The van der Waals surface area contributed by atoms with E-state index in [9.17, 15) is 19.5 Å². The zero-order valence-electron chi connectivity index (χ0n) is 37.9. The van der Waals surface area contributed by atoms with E-state index in [1.807, 2.05) is 33.3 Å². The first-order valence-corrected chi connectivity index (χ1v) is 22.8. The molecule has 0 aromatic rings. The van der Waals surface area contributed by atoms with E-state index in [1.165, 1.54) is 57.8 Å². The van der Waals surface area contributed by atoms with Crippen LogP contribution >= 0.6 is 0 Å². The predicted octanol–water partition coefficient (Wildman–Crippen LogP) is 12.1. The van der Waals surface area contributed by atoms with Crippen molar-refractivity contribution in [1.29, 1.82) is 0 Å². The van der Waals surface area contributed by atoms with Gasteiger partial charge in [-0.1, -0.05) is 157 Å². The van der Waals surface area contributed by atoms with Gasteiger partial charge in [0.2, 0.25) is 0 Å². The average Bonchev–Trinajstić information content (AvgIpc) is 3.19. The number of esters is 2. The molecular formula is C50H84NO8+. The molecule has 0 saturated carbocycles. The topological polar surface area (TPSA) is 108 Å². The molecule has 0 heterocycles. The van der Waals surface area contributed by atoms with Crippen molar-refractivity contribution >= 4 is 17.9 Å². The average molecular weight is 827 g/mol. The number of likely N-dealkylation sites (N-methyl/N-ethyl adjacent to an activating group) is 1. The van der Waals surface area contributed by atoms with Crippen LogP contribution in [0.5, 0.6) is 0 Å². The maximum absolute atomic E-state index is 12.7. The lowest BCUT2D eigenvalue weighted by Crippen LogP contribution is -2.40. The van der Waals surface area contributed by atoms with Crippen molar-refractivity contribution in [3.8, 4) is 0 Å². The molecule has 0 fully saturated rings. The molecule has 1 N–H and O–H groups in total. The van der Waals surface area contributed by atoms with Gasteiger partial charge < -0.3 is 28.5 Å². The van der Waals surface area contributed by atoms with Crippen LogP contribution in [0.25, 0.3) is 0 Å². The van der Waals surface area contributed by atoms with Gasteiger partial charge in [0.05, 0.1) is 40.8 Å². The number of hydrogen-bond donors (Lipinski definition) is 1. The van der Waals surface area contributed by atoms with Crippen LogP contribution in [0, 0.1) is 0 Å². The van der Waals surface area contributed by atoms with Gasteiger partial charge in [-0.05, 0) is 70.6 Å². The Bertz CT molecular complexity index is 1240. The summed E-state index contributed by atoms with van der Waals surface area (Å²) in [5, 5.41) is 9.63. The van der Waals surface area contributed by atoms with Gasteiger partial charge in [-0.25, -0.2) is 4.79 Å². The van der Waals surface area contributed by atoms with E-state index in [1.54, 1.807) is 6.08 Å². The minimum Gasteiger partial charge on any atom is -0.477 e. The molecule has 9 heteroatoms. The fraction of sp³-hybridized carbons (Fsp3) is 0.660. The Balaban J connectivity index is 4.54. The standard InChI is InChI=1S/C50H83NO8/c1-6-8-10-12-14-16-18-20-22-23-24-25-27-28-30-32-34-36-38-40-47(52)57-44-46(45-58-50(49(54)55)56-43-42-51(3,4)5)59-48(53)41-39-37-35-33-31-29-26-21-19-17-15-13-11-9-7-2/h9,11,14-17,20-22,26,31,33,37,39,46,50H,6-8,10,12-13,18-19,23-25,27-30,32,34-36,38,40-45H2,1-5H3/p+1/b11-9-,16-14-,17-15-,22-20-,26-21-,33-31-,39-37-. The number of aliphatic carboxylic acids is 1. The highest BCUT2D eigenvalue weighted by Crippen LogP contribution is 2.13. The number of rotatable bonds is 40. The molecule has 336 valence electrons. The van der Waals surface area contributed by atoms with Crippen LogP contribution in [0.15, 0.2) is 85.1 Å². The zero-order chi connectivity index (χ0) is 43.5. The number of allylic oxidation sites excluding steroid dienone is 13. The molecule has 2 atom stereocenters. The molecule has 0 aliphatic carbocycles. The van der Waals surface area contributed by atoms with Gasteiger partial charge in [0, 0.05) is 6.42 Å². The molecular weight excluding hydrogens is 743 g/mol. The number of unbranched alkanes of at least 4 members (excludes halogenated alkanes) is 12. The molecule has 0 saturated heterocycles. The summed E-state index contributed by atoms with van der Waals surface area (Å²) in [6, 6.07) is 0. The van der Waals surface area contributed by atoms with Gasteiger partial charge >= 0.3 is 17.9 Å². The van der Waals surface area contributed by atoms with E-state index in [0.29, 0.717) is 17.4 Å². The summed E-state index contributed by atoms with van der Waals surface area (Å²) in [5.41, 5.74) is 0. The molecule has 0 spiro atoms. The number of nitrogens with zero attached hydrogens (tertiary/aromatic N) is 1. The Hall–Kier alpha value is -3.53. The quantitative estimate of drug-likeness (QED) is 0.0214. The Kier molecular flexibility index (Phi) is 38.7. The van der Waals surface area contributed by atoms with Crippen LogP contribution in [0.2, 0.25) is 0 Å². The van der Waals surface area contributed by atoms with Crippen molar-refractivity contribution in [1.82, 2.24) is 0 Å². The second kappa shape index (κ2) is 41.2. The van der Waals surface area contributed by atoms with E-state index < -0.39 is 24.3 Å². The van der Waals surface area contributed by atoms with Crippen molar-refractivity contribution in [3.63, 3.8) is 0 Å². The summed E-state index contributed by atoms with van der Waals surface area (Å²) in [4.78, 5) is 37.1. The number of carbonyl (C=O) groups is 3. The maximum atomic E-state index is 12.7. The van der Waals surface area contributed by atoms with Gasteiger partial charge in [0.1, 0.15) is 13.2 Å².